The Balaban J connectivity index is 1.25. The molecule has 2 aromatic heterocycles. The number of methoxy groups -OCH3 is 3. The van der Waals surface area contributed by atoms with Gasteiger partial charge in [-0.2, -0.15) is 0 Å². The van der Waals surface area contributed by atoms with Crippen molar-refractivity contribution in [3.05, 3.63) is 113 Å². The fourth-order valence-corrected chi connectivity index (χ4v) is 9.67. The van der Waals surface area contributed by atoms with Gasteiger partial charge in [0.05, 0.1) is 50.6 Å². The van der Waals surface area contributed by atoms with Gasteiger partial charge < -0.3 is 23.9 Å². The zero-order valence-corrected chi connectivity index (χ0v) is 33.7. The van der Waals surface area contributed by atoms with Gasteiger partial charge in [0.2, 0.25) is 0 Å². The van der Waals surface area contributed by atoms with Gasteiger partial charge in [0.15, 0.2) is 32.7 Å². The van der Waals surface area contributed by atoms with Crippen LogP contribution in [0.5, 0.6) is 23.0 Å². The quantitative estimate of drug-likeness (QED) is 0.136. The van der Waals surface area contributed by atoms with Crippen molar-refractivity contribution in [2.75, 3.05) is 26.2 Å². The number of phenols is 1. The molecule has 4 atom stereocenters. The van der Waals surface area contributed by atoms with Crippen molar-refractivity contribution >= 4 is 67.7 Å². The number of amides is 2. The smallest absolute Gasteiger partial charge is 0.347 e. The minimum Gasteiger partial charge on any atom is -0.504 e. The Bertz CT molecular complexity index is 2780. The van der Waals surface area contributed by atoms with Crippen LogP contribution in [-0.2, 0) is 36.1 Å². The Morgan fingerprint density at radius 2 is 1.60 bits per heavy atom. The number of imide groups is 1. The number of ether oxygens (including phenoxy) is 3. The number of allylic oxidation sites excluding steroid dienone is 2. The molecule has 2 aliphatic heterocycles. The van der Waals surface area contributed by atoms with Crippen molar-refractivity contribution < 1.29 is 33.3 Å². The maximum Gasteiger partial charge on any atom is 0.347 e. The van der Waals surface area contributed by atoms with Crippen LogP contribution < -0.4 is 36.0 Å². The molecule has 1 aliphatic carbocycles. The molecule has 3 aromatic carbocycles. The lowest BCUT2D eigenvalue weighted by Crippen LogP contribution is -2.59. The molecule has 0 spiro atoms. The standard InChI is InChI=1S/C38H32BrCl2FN6O9/c1-44-25-16-28(56-3)27(55-2)15-24(25)43-23(32(44)50)10-11-45-35(53)46-12-9-21-26(48(46)36(45)54)17-37(40)33(51)47(20-7-5-19(42)6-8-20)34(52)38(37,41)30(21)22-13-18(39)14-29(57-4)31(22)49/h5-9,13-16,26,30,49H,10-12,17H2,1-4H3. The third-order valence-electron chi connectivity index (χ3n) is 11.1. The van der Waals surface area contributed by atoms with E-state index in [0.29, 0.717) is 32.6 Å². The zero-order valence-electron chi connectivity index (χ0n) is 30.6. The van der Waals surface area contributed by atoms with E-state index in [2.05, 4.69) is 20.9 Å². The normalized spacial score (nSPS) is 22.6. The molecular formula is C38H32BrCl2FN6O9. The van der Waals surface area contributed by atoms with Gasteiger partial charge in [-0.15, -0.1) is 23.2 Å². The first-order valence-electron chi connectivity index (χ1n) is 17.4. The molecule has 5 aromatic rings. The summed E-state index contributed by atoms with van der Waals surface area (Å²) in [4.78, 5) is 71.8. The first-order chi connectivity index (χ1) is 27.1. The second-order valence-electron chi connectivity index (χ2n) is 13.9. The summed E-state index contributed by atoms with van der Waals surface area (Å²) in [6, 6.07) is 9.70. The van der Waals surface area contributed by atoms with E-state index >= 15 is 0 Å². The molecule has 19 heteroatoms. The van der Waals surface area contributed by atoms with Crippen molar-refractivity contribution in [2.45, 2.75) is 47.6 Å². The minimum absolute atomic E-state index is 0.00107. The van der Waals surface area contributed by atoms with Gasteiger partial charge >= 0.3 is 11.4 Å². The van der Waals surface area contributed by atoms with Crippen LogP contribution in [0.15, 0.2) is 79.0 Å². The number of carbonyl (C=O) groups excluding carboxylic acids is 2. The maximum atomic E-state index is 14.6. The van der Waals surface area contributed by atoms with Crippen molar-refractivity contribution in [1.29, 1.82) is 0 Å². The number of halogens is 4. The van der Waals surface area contributed by atoms with Crippen LogP contribution in [-0.4, -0.2) is 71.5 Å². The van der Waals surface area contributed by atoms with Gasteiger partial charge in [-0.3, -0.25) is 14.4 Å². The molecule has 1 saturated carbocycles. The maximum absolute atomic E-state index is 14.6. The summed E-state index contributed by atoms with van der Waals surface area (Å²) >= 11 is 18.2. The van der Waals surface area contributed by atoms with Crippen LogP contribution >= 0.6 is 39.1 Å². The van der Waals surface area contributed by atoms with Crippen LogP contribution in [0.25, 0.3) is 11.0 Å². The molecule has 15 nitrogen and oxygen atoms in total. The molecule has 2 amide bonds. The fraction of sp³-hybridized carbons (Fsp3) is 0.316. The van der Waals surface area contributed by atoms with E-state index in [9.17, 15) is 33.5 Å². The van der Waals surface area contributed by atoms with E-state index in [4.69, 9.17) is 37.4 Å². The van der Waals surface area contributed by atoms with E-state index in [1.165, 1.54) is 59.5 Å². The van der Waals surface area contributed by atoms with E-state index in [0.717, 1.165) is 21.6 Å². The number of nitrogens with zero attached hydrogens (tertiary/aromatic N) is 6. The highest BCUT2D eigenvalue weighted by Crippen LogP contribution is 2.65. The monoisotopic (exact) mass is 884 g/mol. The number of aromatic hydroxyl groups is 1. The van der Waals surface area contributed by atoms with Crippen LogP contribution in [0.2, 0.25) is 0 Å². The number of phenolic OH excluding ortho intramolecular Hbond substituents is 1. The van der Waals surface area contributed by atoms with Gasteiger partial charge in [-0.25, -0.2) is 37.8 Å². The van der Waals surface area contributed by atoms with E-state index < -0.39 is 68.4 Å². The molecule has 4 unspecified atom stereocenters. The number of aromatic nitrogens is 5. The van der Waals surface area contributed by atoms with Crippen LogP contribution in [0.4, 0.5) is 10.1 Å². The van der Waals surface area contributed by atoms with Crippen LogP contribution in [0.3, 0.4) is 0 Å². The molecule has 57 heavy (non-hydrogen) atoms. The summed E-state index contributed by atoms with van der Waals surface area (Å²) in [5, 5.41) is 11.6. The Labute approximate surface area is 340 Å². The topological polar surface area (TPSA) is 169 Å². The molecule has 2 fully saturated rings. The van der Waals surface area contributed by atoms with Crippen molar-refractivity contribution in [3.8, 4) is 23.0 Å². The molecule has 1 N–H and O–H groups in total. The predicted octanol–water partition coefficient (Wildman–Crippen LogP) is 4.13. The second-order valence-corrected chi connectivity index (χ2v) is 16.0. The summed E-state index contributed by atoms with van der Waals surface area (Å²) in [5.74, 6) is -3.47. The number of hydrogen-bond donors (Lipinski definition) is 1. The molecule has 4 heterocycles. The largest absolute Gasteiger partial charge is 0.504 e. The molecule has 0 radical (unpaired) electrons. The lowest BCUT2D eigenvalue weighted by Gasteiger charge is -2.49. The number of benzene rings is 3. The number of carbonyl (C=O) groups is 2. The highest BCUT2D eigenvalue weighted by molar-refractivity contribution is 9.10. The highest BCUT2D eigenvalue weighted by Gasteiger charge is 2.76. The first-order valence-corrected chi connectivity index (χ1v) is 19.0. The van der Waals surface area contributed by atoms with Crippen LogP contribution in [0.1, 0.15) is 29.6 Å². The third kappa shape index (κ3) is 5.41. The Kier molecular flexibility index (Phi) is 9.20. The van der Waals surface area contributed by atoms with Gasteiger partial charge in [0.1, 0.15) is 11.5 Å². The number of fused-ring (bicyclic) bond motifs is 5. The molecule has 3 aliphatic rings. The average Bonchev–Trinajstić information content (AvgIpc) is 3.53. The van der Waals surface area contributed by atoms with Gasteiger partial charge in [0.25, 0.3) is 17.4 Å². The van der Waals surface area contributed by atoms with Crippen LogP contribution in [0, 0.1) is 5.82 Å². The predicted molar refractivity (Wildman–Crippen MR) is 210 cm³/mol. The molecule has 296 valence electrons. The van der Waals surface area contributed by atoms with E-state index in [1.54, 1.807) is 25.3 Å². The number of hydrogen-bond acceptors (Lipinski definition) is 10. The van der Waals surface area contributed by atoms with Gasteiger partial charge in [-0.05, 0) is 42.0 Å². The number of alkyl halides is 2. The molecule has 8 rings (SSSR count). The van der Waals surface area contributed by atoms with E-state index in [1.807, 2.05) is 0 Å². The third-order valence-corrected chi connectivity index (χ3v) is 12.9. The van der Waals surface area contributed by atoms with Gasteiger partial charge in [-0.1, -0.05) is 22.0 Å². The van der Waals surface area contributed by atoms with Crippen molar-refractivity contribution in [3.63, 3.8) is 0 Å². The Hall–Kier alpha value is -5.39. The van der Waals surface area contributed by atoms with Crippen molar-refractivity contribution in [2.24, 2.45) is 7.05 Å². The molecular weight excluding hydrogens is 854 g/mol. The number of aryl methyl sites for hydroxylation is 2. The summed E-state index contributed by atoms with van der Waals surface area (Å²) in [5.41, 5.74) is -0.604. The fourth-order valence-electron chi connectivity index (χ4n) is 8.31. The summed E-state index contributed by atoms with van der Waals surface area (Å²) < 4.78 is 35.3. The summed E-state index contributed by atoms with van der Waals surface area (Å²) in [7, 11) is 5.83. The SMILES string of the molecule is COc1cc2nc(CCn3c(=O)n4n(c3=O)C3CC5(Cl)C(=O)N(c6ccc(F)cc6)C(=O)C5(Cl)C(c5cc(Br)cc(OC)c5O)C3=CC4)c(=O)n(C)c2cc1OC. The second kappa shape index (κ2) is 13.6. The summed E-state index contributed by atoms with van der Waals surface area (Å²) in [6.07, 6.45) is 1.07. The highest BCUT2D eigenvalue weighted by atomic mass is 79.9. The first kappa shape index (κ1) is 38.5. The number of rotatable bonds is 8. The van der Waals surface area contributed by atoms with Gasteiger partial charge in [0, 0.05) is 54.5 Å². The average molecular weight is 887 g/mol. The summed E-state index contributed by atoms with van der Waals surface area (Å²) in [6.45, 7) is -0.416. The molecule has 0 bridgehead atoms. The van der Waals surface area contributed by atoms with E-state index in [-0.39, 0.29) is 42.2 Å². The Morgan fingerprint density at radius 1 is 0.930 bits per heavy atom. The molecule has 1 saturated heterocycles. The number of anilines is 1. The lowest BCUT2D eigenvalue weighted by atomic mass is 9.64. The Morgan fingerprint density at radius 3 is 2.26 bits per heavy atom. The minimum atomic E-state index is -2.31. The zero-order chi connectivity index (χ0) is 40.9. The van der Waals surface area contributed by atoms with Crippen molar-refractivity contribution in [1.82, 2.24) is 23.5 Å². The lowest BCUT2D eigenvalue weighted by molar-refractivity contribution is -0.122.